The molecule has 2 aromatic heterocycles. The number of aromatic carboxylic acids is 1. The lowest BCUT2D eigenvalue weighted by atomic mass is 10.3. The number of carbonyl (C=O) groups excluding carboxylic acids is 1. The molecule has 0 atom stereocenters. The summed E-state index contributed by atoms with van der Waals surface area (Å²) in [6.07, 6.45) is 1.63. The summed E-state index contributed by atoms with van der Waals surface area (Å²) in [5.74, 6) is -1.86. The van der Waals surface area contributed by atoms with Crippen LogP contribution < -0.4 is 0 Å². The summed E-state index contributed by atoms with van der Waals surface area (Å²) in [4.78, 5) is 25.0. The lowest BCUT2D eigenvalue weighted by Crippen LogP contribution is -2.02. The second kappa shape index (κ2) is 3.16. The maximum absolute atomic E-state index is 12.8. The molecule has 0 radical (unpaired) electrons. The van der Waals surface area contributed by atoms with Crippen molar-refractivity contribution in [2.75, 3.05) is 0 Å². The van der Waals surface area contributed by atoms with E-state index in [1.807, 2.05) is 0 Å². The molecule has 2 aromatic rings. The molecule has 2 rings (SSSR count). The van der Waals surface area contributed by atoms with E-state index in [-0.39, 0.29) is 17.0 Å². The molecule has 0 aliphatic rings. The van der Waals surface area contributed by atoms with Crippen molar-refractivity contribution in [3.63, 3.8) is 0 Å². The second-order valence-corrected chi connectivity index (χ2v) is 2.84. The minimum atomic E-state index is -1.32. The lowest BCUT2D eigenvalue weighted by molar-refractivity contribution is 0.0688. The summed E-state index contributed by atoms with van der Waals surface area (Å²) in [5, 5.41) is 8.74. The number of carboxylic acids is 1. The fraction of sp³-hybridized carbons (Fsp3) is 0. The first-order valence-electron chi connectivity index (χ1n) is 3.99. The Kier molecular flexibility index (Phi) is 1.96. The van der Waals surface area contributed by atoms with E-state index >= 15 is 0 Å². The highest BCUT2D eigenvalue weighted by atomic mass is 19.1. The van der Waals surface area contributed by atoms with Gasteiger partial charge in [-0.1, -0.05) is 0 Å². The Balaban J connectivity index is 2.84. The first kappa shape index (κ1) is 9.32. The molecule has 0 saturated carbocycles. The molecule has 0 aliphatic heterocycles. The van der Waals surface area contributed by atoms with E-state index in [9.17, 15) is 14.0 Å². The normalized spacial score (nSPS) is 10.5. The molecular formula is C9H5FN2O3. The molecule has 0 aliphatic carbocycles. The molecule has 6 heteroatoms. The largest absolute Gasteiger partial charge is 0.476 e. The van der Waals surface area contributed by atoms with Gasteiger partial charge in [0.1, 0.15) is 17.2 Å². The number of halogens is 1. The maximum atomic E-state index is 12.8. The van der Waals surface area contributed by atoms with Gasteiger partial charge in [-0.15, -0.1) is 0 Å². The first-order chi connectivity index (χ1) is 7.13. The Morgan fingerprint density at radius 1 is 1.60 bits per heavy atom. The average Bonchev–Trinajstić information content (AvgIpc) is 2.55. The Morgan fingerprint density at radius 3 is 2.93 bits per heavy atom. The lowest BCUT2D eigenvalue weighted by Gasteiger charge is -1.94. The van der Waals surface area contributed by atoms with E-state index in [4.69, 9.17) is 5.11 Å². The molecule has 0 unspecified atom stereocenters. The van der Waals surface area contributed by atoms with Crippen LogP contribution in [0.5, 0.6) is 0 Å². The Bertz CT molecular complexity index is 562. The van der Waals surface area contributed by atoms with Crippen LogP contribution in [0.1, 0.15) is 21.0 Å². The highest BCUT2D eigenvalue weighted by Crippen LogP contribution is 2.12. The third kappa shape index (κ3) is 1.35. The number of imidazole rings is 1. The second-order valence-electron chi connectivity index (χ2n) is 2.84. The first-order valence-corrected chi connectivity index (χ1v) is 3.99. The van der Waals surface area contributed by atoms with Crippen molar-refractivity contribution < 1.29 is 19.1 Å². The molecule has 1 N–H and O–H groups in total. The van der Waals surface area contributed by atoms with E-state index in [2.05, 4.69) is 4.98 Å². The third-order valence-corrected chi connectivity index (χ3v) is 1.94. The fourth-order valence-corrected chi connectivity index (χ4v) is 1.31. The van der Waals surface area contributed by atoms with E-state index in [0.29, 0.717) is 6.29 Å². The van der Waals surface area contributed by atoms with Gasteiger partial charge in [0, 0.05) is 12.3 Å². The van der Waals surface area contributed by atoms with Crippen molar-refractivity contribution >= 4 is 17.9 Å². The van der Waals surface area contributed by atoms with Gasteiger partial charge in [-0.3, -0.25) is 9.20 Å². The van der Waals surface area contributed by atoms with Crippen molar-refractivity contribution in [1.82, 2.24) is 9.38 Å². The van der Waals surface area contributed by atoms with Gasteiger partial charge in [-0.2, -0.15) is 0 Å². The number of pyridine rings is 1. The monoisotopic (exact) mass is 208 g/mol. The Hall–Kier alpha value is -2.24. The van der Waals surface area contributed by atoms with Crippen molar-refractivity contribution in [3.8, 4) is 0 Å². The number of hydrogen-bond acceptors (Lipinski definition) is 3. The molecule has 0 bridgehead atoms. The smallest absolute Gasteiger partial charge is 0.356 e. The molecule has 0 aromatic carbocycles. The highest BCUT2D eigenvalue weighted by molar-refractivity contribution is 5.95. The molecule has 2 heterocycles. The van der Waals surface area contributed by atoms with E-state index in [1.54, 1.807) is 0 Å². The molecule has 0 spiro atoms. The Labute approximate surface area is 82.8 Å². The van der Waals surface area contributed by atoms with Crippen LogP contribution in [-0.2, 0) is 0 Å². The van der Waals surface area contributed by atoms with Gasteiger partial charge in [-0.05, 0) is 6.07 Å². The van der Waals surface area contributed by atoms with Crippen LogP contribution in [-0.4, -0.2) is 26.7 Å². The quantitative estimate of drug-likeness (QED) is 0.747. The molecule has 0 amide bonds. The number of carboxylic acid groups (broad SMARTS) is 1. The van der Waals surface area contributed by atoms with Gasteiger partial charge in [0.05, 0.1) is 0 Å². The summed E-state index contributed by atoms with van der Waals surface area (Å²) in [6, 6.07) is 2.17. The standard InChI is InChI=1S/C9H5FN2O3/c10-5-1-2-12-6(4-13)8(9(14)15)11-7(12)3-5/h1-4H,(H,14,15). The van der Waals surface area contributed by atoms with Crippen LogP contribution in [0, 0.1) is 5.82 Å². The van der Waals surface area contributed by atoms with Gasteiger partial charge >= 0.3 is 5.97 Å². The SMILES string of the molecule is O=Cc1c(C(=O)O)nc2cc(F)ccn12. The number of hydrogen-bond donors (Lipinski definition) is 1. The van der Waals surface area contributed by atoms with Crippen LogP contribution in [0.25, 0.3) is 5.65 Å². The van der Waals surface area contributed by atoms with Crippen LogP contribution in [0.2, 0.25) is 0 Å². The van der Waals surface area contributed by atoms with Crippen LogP contribution in [0.3, 0.4) is 0 Å². The van der Waals surface area contributed by atoms with Gasteiger partial charge in [0.2, 0.25) is 0 Å². The predicted molar refractivity (Wildman–Crippen MR) is 47.5 cm³/mol. The number of fused-ring (bicyclic) bond motifs is 1. The van der Waals surface area contributed by atoms with E-state index in [1.165, 1.54) is 10.6 Å². The molecule has 76 valence electrons. The van der Waals surface area contributed by atoms with E-state index < -0.39 is 11.8 Å². The number of aromatic nitrogens is 2. The van der Waals surface area contributed by atoms with Gasteiger partial charge in [-0.25, -0.2) is 14.2 Å². The molecule has 5 nitrogen and oxygen atoms in total. The number of aldehydes is 1. The Morgan fingerprint density at radius 2 is 2.33 bits per heavy atom. The minimum Gasteiger partial charge on any atom is -0.476 e. The third-order valence-electron chi connectivity index (χ3n) is 1.94. The molecule has 0 fully saturated rings. The fourth-order valence-electron chi connectivity index (χ4n) is 1.31. The molecule has 0 saturated heterocycles. The zero-order valence-electron chi connectivity index (χ0n) is 7.35. The highest BCUT2D eigenvalue weighted by Gasteiger charge is 2.17. The summed E-state index contributed by atoms with van der Waals surface area (Å²) in [6.45, 7) is 0. The van der Waals surface area contributed by atoms with Gasteiger partial charge in [0.15, 0.2) is 12.0 Å². The van der Waals surface area contributed by atoms with Crippen LogP contribution >= 0.6 is 0 Å². The molecular weight excluding hydrogens is 203 g/mol. The number of rotatable bonds is 2. The summed E-state index contributed by atoms with van der Waals surface area (Å²) in [7, 11) is 0. The summed E-state index contributed by atoms with van der Waals surface area (Å²) in [5.41, 5.74) is -0.386. The van der Waals surface area contributed by atoms with Crippen molar-refractivity contribution in [2.45, 2.75) is 0 Å². The topological polar surface area (TPSA) is 71.7 Å². The van der Waals surface area contributed by atoms with Crippen LogP contribution in [0.4, 0.5) is 4.39 Å². The summed E-state index contributed by atoms with van der Waals surface area (Å²) < 4.78 is 14.0. The van der Waals surface area contributed by atoms with Crippen molar-refractivity contribution in [1.29, 1.82) is 0 Å². The zero-order chi connectivity index (χ0) is 11.0. The minimum absolute atomic E-state index is 0.0921. The van der Waals surface area contributed by atoms with Crippen molar-refractivity contribution in [2.24, 2.45) is 0 Å². The average molecular weight is 208 g/mol. The molecule has 15 heavy (non-hydrogen) atoms. The summed E-state index contributed by atoms with van der Waals surface area (Å²) >= 11 is 0. The van der Waals surface area contributed by atoms with Gasteiger partial charge in [0.25, 0.3) is 0 Å². The number of nitrogens with zero attached hydrogens (tertiary/aromatic N) is 2. The van der Waals surface area contributed by atoms with Crippen LogP contribution in [0.15, 0.2) is 18.3 Å². The van der Waals surface area contributed by atoms with Crippen molar-refractivity contribution in [3.05, 3.63) is 35.5 Å². The predicted octanol–water partition coefficient (Wildman–Crippen LogP) is 0.984. The van der Waals surface area contributed by atoms with E-state index in [0.717, 1.165) is 12.1 Å². The maximum Gasteiger partial charge on any atom is 0.356 e. The van der Waals surface area contributed by atoms with Gasteiger partial charge < -0.3 is 5.11 Å². The number of carbonyl (C=O) groups is 2. The zero-order valence-corrected chi connectivity index (χ0v) is 7.35.